The van der Waals surface area contributed by atoms with Crippen LogP contribution in [0.15, 0.2) is 97.6 Å². The monoisotopic (exact) mass is 1050 g/mol. The van der Waals surface area contributed by atoms with Crippen LogP contribution in [0.2, 0.25) is 0 Å². The molecule has 6 heterocycles. The molecule has 6 aromatic heterocycles. The van der Waals surface area contributed by atoms with Gasteiger partial charge in [0.2, 0.25) is 43.7 Å². The summed E-state index contributed by atoms with van der Waals surface area (Å²) in [6, 6.07) is 19.8. The zero-order valence-electron chi connectivity index (χ0n) is 42.8. The van der Waals surface area contributed by atoms with E-state index in [9.17, 15) is 16.8 Å². The van der Waals surface area contributed by atoms with Gasteiger partial charge in [0.05, 0.1) is 77.6 Å². The summed E-state index contributed by atoms with van der Waals surface area (Å²) in [7, 11) is 1.10. The minimum Gasteiger partial charge on any atom is -0.494 e. The van der Waals surface area contributed by atoms with Gasteiger partial charge in [-0.15, -0.1) is 20.4 Å². The van der Waals surface area contributed by atoms with Gasteiger partial charge in [0.1, 0.15) is 45.8 Å². The number of sulfonamides is 2. The van der Waals surface area contributed by atoms with Gasteiger partial charge in [0.15, 0.2) is 11.6 Å². The largest absolute Gasteiger partial charge is 0.494 e. The van der Waals surface area contributed by atoms with Crippen LogP contribution in [0.5, 0.6) is 34.8 Å². The maximum atomic E-state index is 13.5. The Labute approximate surface area is 428 Å². The molecule has 4 atom stereocenters. The van der Waals surface area contributed by atoms with Crippen molar-refractivity contribution >= 4 is 31.9 Å². The number of para-hydroxylation sites is 2. The van der Waals surface area contributed by atoms with E-state index in [1.165, 1.54) is 51.8 Å². The van der Waals surface area contributed by atoms with Gasteiger partial charge in [-0.1, -0.05) is 24.3 Å². The summed E-state index contributed by atoms with van der Waals surface area (Å²) in [4.78, 5) is 8.92. The molecule has 0 unspecified atom stereocenters. The molecule has 0 saturated carbocycles. The molecular formula is C48H58N14O10S2. The highest BCUT2D eigenvalue weighted by Crippen LogP contribution is 2.40. The van der Waals surface area contributed by atoms with Crippen LogP contribution < -0.4 is 37.9 Å². The number of pyridine rings is 2. The predicted molar refractivity (Wildman–Crippen MR) is 276 cm³/mol. The number of benzene rings is 2. The van der Waals surface area contributed by atoms with Gasteiger partial charge in [0.25, 0.3) is 0 Å². The summed E-state index contributed by atoms with van der Waals surface area (Å²) < 4.78 is 98.5. The van der Waals surface area contributed by atoms with E-state index in [1.54, 1.807) is 135 Å². The predicted octanol–water partition coefficient (Wildman–Crippen LogP) is 6.50. The van der Waals surface area contributed by atoms with Gasteiger partial charge in [-0.3, -0.25) is 27.9 Å². The van der Waals surface area contributed by atoms with E-state index < -0.39 is 42.6 Å². The van der Waals surface area contributed by atoms with E-state index in [1.807, 2.05) is 13.8 Å². The first-order chi connectivity index (χ1) is 35.4. The number of nitrogens with zero attached hydrogens (tertiary/aromatic N) is 12. The second-order valence-corrected chi connectivity index (χ2v) is 20.8. The Bertz CT molecular complexity index is 3180. The van der Waals surface area contributed by atoms with Crippen LogP contribution in [0.25, 0.3) is 34.4 Å². The molecule has 0 bridgehead atoms. The summed E-state index contributed by atoms with van der Waals surface area (Å²) in [5, 5.41) is 23.7. The first-order valence-electron chi connectivity index (χ1n) is 22.8. The van der Waals surface area contributed by atoms with Gasteiger partial charge >= 0.3 is 0 Å². The van der Waals surface area contributed by atoms with Crippen molar-refractivity contribution in [2.75, 3.05) is 52.1 Å². The minimum atomic E-state index is -3.96. The fourth-order valence-corrected chi connectivity index (χ4v) is 10.00. The summed E-state index contributed by atoms with van der Waals surface area (Å²) in [5.74, 6) is 2.77. The van der Waals surface area contributed by atoms with Gasteiger partial charge < -0.3 is 28.4 Å². The first-order valence-corrected chi connectivity index (χ1v) is 25.9. The molecule has 2 aromatic carbocycles. The maximum absolute atomic E-state index is 13.5. The molecular weight excluding hydrogens is 997 g/mol. The summed E-state index contributed by atoms with van der Waals surface area (Å²) in [6.45, 7) is 10.6. The van der Waals surface area contributed by atoms with Gasteiger partial charge in [-0.25, -0.2) is 26.8 Å². The molecule has 0 amide bonds. The Hall–Kier alpha value is -8.26. The van der Waals surface area contributed by atoms with Crippen LogP contribution in [0, 0.1) is 13.8 Å². The highest BCUT2D eigenvalue weighted by atomic mass is 32.2. The molecule has 0 saturated heterocycles. The quantitative estimate of drug-likeness (QED) is 0.0824. The van der Waals surface area contributed by atoms with Crippen LogP contribution in [0.3, 0.4) is 0 Å². The Balaban J connectivity index is 0.000000216. The smallest absolute Gasteiger partial charge is 0.243 e. The number of methoxy groups -OCH3 is 6. The van der Waals surface area contributed by atoms with Gasteiger partial charge in [0, 0.05) is 24.5 Å². The zero-order valence-corrected chi connectivity index (χ0v) is 44.4. The third-order valence-corrected chi connectivity index (χ3v) is 15.7. The number of aryl methyl sites for hydroxylation is 2. The lowest BCUT2D eigenvalue weighted by Gasteiger charge is -2.22. The van der Waals surface area contributed by atoms with Crippen molar-refractivity contribution in [1.29, 1.82) is 0 Å². The van der Waals surface area contributed by atoms with Crippen LogP contribution in [-0.4, -0.2) is 129 Å². The molecule has 0 spiro atoms. The molecule has 0 aliphatic rings. The number of ether oxygens (including phenoxy) is 6. The Morgan fingerprint density at radius 3 is 1.11 bits per heavy atom. The number of aromatic nitrogens is 12. The molecule has 2 N–H and O–H groups in total. The van der Waals surface area contributed by atoms with Crippen molar-refractivity contribution < 1.29 is 45.3 Å². The molecule has 8 rings (SSSR count). The number of nitrogens with one attached hydrogen (secondary N) is 2. The second kappa shape index (κ2) is 22.7. The molecule has 0 aliphatic carbocycles. The van der Waals surface area contributed by atoms with E-state index in [-0.39, 0.29) is 23.5 Å². The Kier molecular flexibility index (Phi) is 16.4. The molecule has 74 heavy (non-hydrogen) atoms. The second-order valence-electron chi connectivity index (χ2n) is 16.7. The highest BCUT2D eigenvalue weighted by molar-refractivity contribution is 7.93. The number of anilines is 2. The normalized spacial score (nSPS) is 13.1. The van der Waals surface area contributed by atoms with Crippen LogP contribution in [0.1, 0.15) is 50.9 Å². The van der Waals surface area contributed by atoms with Crippen molar-refractivity contribution in [1.82, 2.24) is 59.1 Å². The van der Waals surface area contributed by atoms with Gasteiger partial charge in [-0.05, 0) is 89.1 Å². The molecule has 24 nitrogen and oxygen atoms in total. The highest BCUT2D eigenvalue weighted by Gasteiger charge is 2.34. The third kappa shape index (κ3) is 11.2. The van der Waals surface area contributed by atoms with E-state index >= 15 is 0 Å². The third-order valence-electron chi connectivity index (χ3n) is 12.0. The van der Waals surface area contributed by atoms with Crippen molar-refractivity contribution in [3.05, 3.63) is 109 Å². The van der Waals surface area contributed by atoms with Crippen molar-refractivity contribution in [3.63, 3.8) is 0 Å². The first kappa shape index (κ1) is 53.5. The fraction of sp³-hybridized carbons (Fsp3) is 0.333. The molecule has 0 radical (unpaired) electrons. The van der Waals surface area contributed by atoms with E-state index in [0.717, 1.165) is 11.1 Å². The zero-order chi connectivity index (χ0) is 53.5. The number of hydrogen-bond donors (Lipinski definition) is 2. The number of hydrogen-bond acceptors (Lipinski definition) is 18. The van der Waals surface area contributed by atoms with Crippen LogP contribution in [0.4, 0.5) is 11.9 Å². The maximum Gasteiger partial charge on any atom is 0.243 e. The molecule has 8 aromatic rings. The average molecular weight is 1060 g/mol. The lowest BCUT2D eigenvalue weighted by atomic mass is 10.2. The molecule has 0 fully saturated rings. The van der Waals surface area contributed by atoms with Crippen molar-refractivity contribution in [2.24, 2.45) is 0 Å². The Morgan fingerprint density at radius 1 is 0.473 bits per heavy atom. The van der Waals surface area contributed by atoms with E-state index in [0.29, 0.717) is 57.5 Å². The van der Waals surface area contributed by atoms with Crippen LogP contribution >= 0.6 is 0 Å². The molecule has 392 valence electrons. The van der Waals surface area contributed by atoms with Crippen molar-refractivity contribution in [2.45, 2.75) is 64.1 Å². The lowest BCUT2D eigenvalue weighted by Crippen LogP contribution is -2.33. The lowest BCUT2D eigenvalue weighted by molar-refractivity contribution is 0.391. The Morgan fingerprint density at radius 2 is 0.811 bits per heavy atom. The van der Waals surface area contributed by atoms with Gasteiger partial charge in [-0.2, -0.15) is 10.2 Å². The SMILES string of the molecule is COc1cccc(-c2nnc(NS(=O)(=O)[C@@H](C)[C@H](C)n3cc(C)cn3)n2-c2c(OC)cccc2OC)n1.COc1cccc(-c2nnc(NS(=O)(=O)[C@H](C)[C@@H](C)n3cc(C)cn3)n2-c2c(OC)cccc2OC)n1. The van der Waals surface area contributed by atoms with Crippen LogP contribution in [-0.2, 0) is 20.0 Å². The molecule has 26 heteroatoms. The molecule has 0 aliphatic heterocycles. The average Bonchev–Trinajstić information content (AvgIpc) is 4.24. The minimum absolute atomic E-state index is 0.0573. The van der Waals surface area contributed by atoms with Crippen molar-refractivity contribution in [3.8, 4) is 69.2 Å². The standard InChI is InChI=1S/2C24H29N7O5S/c2*1-15-13-25-30(14-15)16(2)17(3)37(32,33)29-24-28-27-23(18-9-7-12-21(26-18)36-6)31(24)22-19(34-4)10-8-11-20(22)35-5/h2*7-14,16-17H,1-6H3,(H,28,29)/t2*16-,17-/m10/s1. The number of rotatable bonds is 20. The van der Waals surface area contributed by atoms with E-state index in [2.05, 4.69) is 50.0 Å². The van der Waals surface area contributed by atoms with E-state index in [4.69, 9.17) is 28.4 Å². The summed E-state index contributed by atoms with van der Waals surface area (Å²) in [6.07, 6.45) is 6.96. The topological polar surface area (TPSA) is 271 Å². The summed E-state index contributed by atoms with van der Waals surface area (Å²) in [5.41, 5.74) is 3.47. The summed E-state index contributed by atoms with van der Waals surface area (Å²) >= 11 is 0. The fourth-order valence-electron chi connectivity index (χ4n) is 7.57.